The van der Waals surface area contributed by atoms with E-state index in [1.807, 2.05) is 30.3 Å². The van der Waals surface area contributed by atoms with Crippen LogP contribution in [0.3, 0.4) is 0 Å². The highest BCUT2D eigenvalue weighted by Crippen LogP contribution is 2.23. The van der Waals surface area contributed by atoms with E-state index < -0.39 is 0 Å². The molecule has 0 heterocycles. The summed E-state index contributed by atoms with van der Waals surface area (Å²) in [6, 6.07) is 9.75. The lowest BCUT2D eigenvalue weighted by Crippen LogP contribution is -2.11. The lowest BCUT2D eigenvalue weighted by Gasteiger charge is -2.16. The highest BCUT2D eigenvalue weighted by Gasteiger charge is 2.16. The van der Waals surface area contributed by atoms with E-state index in [0.29, 0.717) is 18.6 Å². The Morgan fingerprint density at radius 1 is 1.35 bits per heavy atom. The molecule has 17 heavy (non-hydrogen) atoms. The maximum atomic E-state index is 11.4. The summed E-state index contributed by atoms with van der Waals surface area (Å²) in [7, 11) is 1.62. The Kier molecular flexibility index (Phi) is 5.43. The van der Waals surface area contributed by atoms with Gasteiger partial charge in [0.05, 0.1) is 12.7 Å². The van der Waals surface area contributed by atoms with E-state index in [1.165, 1.54) is 0 Å². The minimum Gasteiger partial charge on any atom is -0.463 e. The normalized spacial score (nSPS) is 11.9. The second-order valence-electron chi connectivity index (χ2n) is 3.66. The molecule has 0 bridgehead atoms. The molecule has 0 aliphatic heterocycles. The Morgan fingerprint density at radius 2 is 2.00 bits per heavy atom. The largest absolute Gasteiger partial charge is 0.463 e. The zero-order valence-corrected chi connectivity index (χ0v) is 10.3. The van der Waals surface area contributed by atoms with E-state index >= 15 is 0 Å². The van der Waals surface area contributed by atoms with Crippen molar-refractivity contribution in [1.29, 1.82) is 0 Å². The van der Waals surface area contributed by atoms with Crippen LogP contribution in [0.4, 0.5) is 0 Å². The zero-order chi connectivity index (χ0) is 12.7. The fourth-order valence-electron chi connectivity index (χ4n) is 1.55. The molecule has 0 radical (unpaired) electrons. The van der Waals surface area contributed by atoms with Crippen LogP contribution < -0.4 is 0 Å². The first-order chi connectivity index (χ1) is 8.19. The van der Waals surface area contributed by atoms with Gasteiger partial charge in [0.25, 0.3) is 0 Å². The number of carbonyl (C=O) groups is 1. The number of methoxy groups -OCH3 is 1. The van der Waals surface area contributed by atoms with Gasteiger partial charge in [-0.2, -0.15) is 0 Å². The maximum absolute atomic E-state index is 11.4. The molecule has 1 aromatic rings. The summed E-state index contributed by atoms with van der Waals surface area (Å²) in [5.74, 6) is -0.356. The number of rotatable bonds is 6. The average Bonchev–Trinajstić information content (AvgIpc) is 2.37. The van der Waals surface area contributed by atoms with Crippen LogP contribution in [-0.4, -0.2) is 19.7 Å². The van der Waals surface area contributed by atoms with Crippen LogP contribution in [-0.2, 0) is 14.3 Å². The van der Waals surface area contributed by atoms with Crippen molar-refractivity contribution in [2.45, 2.75) is 19.4 Å². The highest BCUT2D eigenvalue weighted by atomic mass is 16.5. The molecule has 0 saturated heterocycles. The fraction of sp³-hybridized carbons (Fsp3) is 0.357. The number of esters is 1. The number of hydrogen-bond donors (Lipinski definition) is 0. The van der Waals surface area contributed by atoms with E-state index in [-0.39, 0.29) is 12.1 Å². The van der Waals surface area contributed by atoms with E-state index in [9.17, 15) is 4.79 Å². The predicted octanol–water partition coefficient (Wildman–Crippen LogP) is 2.88. The average molecular weight is 234 g/mol. The molecule has 92 valence electrons. The van der Waals surface area contributed by atoms with E-state index in [4.69, 9.17) is 9.47 Å². The summed E-state index contributed by atoms with van der Waals surface area (Å²) in [5.41, 5.74) is 1.46. The summed E-state index contributed by atoms with van der Waals surface area (Å²) < 4.78 is 10.3. The minimum absolute atomic E-state index is 0.159. The summed E-state index contributed by atoms with van der Waals surface area (Å²) in [4.78, 5) is 11.4. The molecule has 3 heteroatoms. The number of benzene rings is 1. The topological polar surface area (TPSA) is 35.5 Å². The van der Waals surface area contributed by atoms with Gasteiger partial charge >= 0.3 is 5.97 Å². The Bertz CT molecular complexity index is 370. The minimum atomic E-state index is -0.356. The Hall–Kier alpha value is -1.61. The second kappa shape index (κ2) is 6.86. The lowest BCUT2D eigenvalue weighted by molar-refractivity contribution is -0.138. The molecule has 1 rings (SSSR count). The van der Waals surface area contributed by atoms with Crippen molar-refractivity contribution >= 4 is 5.97 Å². The van der Waals surface area contributed by atoms with Crippen LogP contribution in [0.15, 0.2) is 42.5 Å². The van der Waals surface area contributed by atoms with Crippen LogP contribution >= 0.6 is 0 Å². The fourth-order valence-corrected chi connectivity index (χ4v) is 1.55. The lowest BCUT2D eigenvalue weighted by atomic mass is 10.0. The molecule has 1 atom stereocenters. The van der Waals surface area contributed by atoms with Gasteiger partial charge in [-0.1, -0.05) is 36.9 Å². The quantitative estimate of drug-likeness (QED) is 0.561. The van der Waals surface area contributed by atoms with Crippen molar-refractivity contribution in [2.24, 2.45) is 0 Å². The van der Waals surface area contributed by atoms with Gasteiger partial charge in [0.15, 0.2) is 0 Å². The molecular formula is C14H18O3. The molecule has 0 unspecified atom stereocenters. The van der Waals surface area contributed by atoms with E-state index in [1.54, 1.807) is 14.0 Å². The summed E-state index contributed by atoms with van der Waals surface area (Å²) in [6.45, 7) is 5.87. The maximum Gasteiger partial charge on any atom is 0.333 e. The molecule has 0 aliphatic rings. The Balaban J connectivity index is 2.65. The first-order valence-electron chi connectivity index (χ1n) is 5.61. The number of hydrogen-bond acceptors (Lipinski definition) is 3. The van der Waals surface area contributed by atoms with Crippen LogP contribution in [0.1, 0.15) is 25.0 Å². The van der Waals surface area contributed by atoms with Crippen molar-refractivity contribution in [3.63, 3.8) is 0 Å². The summed E-state index contributed by atoms with van der Waals surface area (Å²) in [5, 5.41) is 0. The molecule has 0 spiro atoms. The second-order valence-corrected chi connectivity index (χ2v) is 3.66. The van der Waals surface area contributed by atoms with Crippen molar-refractivity contribution in [1.82, 2.24) is 0 Å². The first-order valence-corrected chi connectivity index (χ1v) is 5.61. The SMILES string of the molecule is C=C(C[C@@H](OC)c1ccccc1)C(=O)OCC. The predicted molar refractivity (Wildman–Crippen MR) is 66.6 cm³/mol. The van der Waals surface area contributed by atoms with Crippen LogP contribution in [0, 0.1) is 0 Å². The third-order valence-corrected chi connectivity index (χ3v) is 2.45. The third kappa shape index (κ3) is 4.04. The first kappa shape index (κ1) is 13.5. The van der Waals surface area contributed by atoms with Crippen LogP contribution in [0.2, 0.25) is 0 Å². The molecule has 0 saturated carbocycles. The summed E-state index contributed by atoms with van der Waals surface area (Å²) in [6.07, 6.45) is 0.285. The highest BCUT2D eigenvalue weighted by molar-refractivity contribution is 5.87. The van der Waals surface area contributed by atoms with Gasteiger partial charge in [0.2, 0.25) is 0 Å². The van der Waals surface area contributed by atoms with Crippen LogP contribution in [0.25, 0.3) is 0 Å². The van der Waals surface area contributed by atoms with Gasteiger partial charge in [-0.15, -0.1) is 0 Å². The van der Waals surface area contributed by atoms with Gasteiger partial charge in [-0.3, -0.25) is 0 Å². The Morgan fingerprint density at radius 3 is 2.53 bits per heavy atom. The van der Waals surface area contributed by atoms with Gasteiger partial charge < -0.3 is 9.47 Å². The molecular weight excluding hydrogens is 216 g/mol. The molecule has 0 amide bonds. The smallest absolute Gasteiger partial charge is 0.333 e. The molecule has 0 N–H and O–H groups in total. The van der Waals surface area contributed by atoms with E-state index in [0.717, 1.165) is 5.56 Å². The van der Waals surface area contributed by atoms with Crippen molar-refractivity contribution in [2.75, 3.05) is 13.7 Å². The summed E-state index contributed by atoms with van der Waals surface area (Å²) >= 11 is 0. The Labute approximate surface area is 102 Å². The molecule has 0 fully saturated rings. The molecule has 3 nitrogen and oxygen atoms in total. The van der Waals surface area contributed by atoms with Gasteiger partial charge in [0.1, 0.15) is 0 Å². The van der Waals surface area contributed by atoms with Gasteiger partial charge in [-0.25, -0.2) is 4.79 Å². The number of ether oxygens (including phenoxy) is 2. The number of carbonyl (C=O) groups excluding carboxylic acids is 1. The van der Waals surface area contributed by atoms with E-state index in [2.05, 4.69) is 6.58 Å². The zero-order valence-electron chi connectivity index (χ0n) is 10.3. The molecule has 1 aromatic carbocycles. The third-order valence-electron chi connectivity index (χ3n) is 2.45. The van der Waals surface area contributed by atoms with Gasteiger partial charge in [0, 0.05) is 19.1 Å². The van der Waals surface area contributed by atoms with Crippen molar-refractivity contribution < 1.29 is 14.3 Å². The molecule has 0 aliphatic carbocycles. The van der Waals surface area contributed by atoms with Crippen molar-refractivity contribution in [3.05, 3.63) is 48.0 Å². The van der Waals surface area contributed by atoms with Crippen LogP contribution in [0.5, 0.6) is 0 Å². The van der Waals surface area contributed by atoms with Crippen molar-refractivity contribution in [3.8, 4) is 0 Å². The monoisotopic (exact) mass is 234 g/mol. The standard InChI is InChI=1S/C14H18O3/c1-4-17-14(15)11(2)10-13(16-3)12-8-6-5-7-9-12/h5-9,13H,2,4,10H2,1,3H3/t13-/m1/s1. The molecule has 0 aromatic heterocycles. The van der Waals surface area contributed by atoms with Gasteiger partial charge in [-0.05, 0) is 12.5 Å².